The van der Waals surface area contributed by atoms with Gasteiger partial charge >= 0.3 is 0 Å². The molecular formula is C19H23N3O5S. The maximum Gasteiger partial charge on any atom is 0.293 e. The summed E-state index contributed by atoms with van der Waals surface area (Å²) < 4.78 is 32.0. The SMILES string of the molecule is COc1ccc(CN(C)c2ccc(S(=O)(=O)N3CCCC3)cc2[N+](=O)[O-])cc1. The molecule has 3 rings (SSSR count). The monoisotopic (exact) mass is 405 g/mol. The average Bonchev–Trinajstić information content (AvgIpc) is 3.23. The predicted molar refractivity (Wildman–Crippen MR) is 106 cm³/mol. The zero-order chi connectivity index (χ0) is 20.3. The van der Waals surface area contributed by atoms with E-state index < -0.39 is 14.9 Å². The maximum absolute atomic E-state index is 12.7. The minimum Gasteiger partial charge on any atom is -0.497 e. The second kappa shape index (κ2) is 8.15. The van der Waals surface area contributed by atoms with Gasteiger partial charge in [0, 0.05) is 32.7 Å². The molecule has 8 nitrogen and oxygen atoms in total. The molecule has 2 aromatic rings. The number of sulfonamides is 1. The van der Waals surface area contributed by atoms with Gasteiger partial charge in [-0.2, -0.15) is 4.31 Å². The summed E-state index contributed by atoms with van der Waals surface area (Å²) in [6, 6.07) is 11.5. The molecule has 0 N–H and O–H groups in total. The third-order valence-electron chi connectivity index (χ3n) is 4.84. The number of nitrogens with zero attached hydrogens (tertiary/aromatic N) is 3. The van der Waals surface area contributed by atoms with Crippen molar-refractivity contribution < 1.29 is 18.1 Å². The lowest BCUT2D eigenvalue weighted by molar-refractivity contribution is -0.384. The number of benzene rings is 2. The fourth-order valence-electron chi connectivity index (χ4n) is 3.30. The van der Waals surface area contributed by atoms with Gasteiger partial charge in [0.05, 0.1) is 16.9 Å². The van der Waals surface area contributed by atoms with Gasteiger partial charge in [0.1, 0.15) is 11.4 Å². The van der Waals surface area contributed by atoms with Crippen molar-refractivity contribution in [3.05, 3.63) is 58.1 Å². The molecule has 0 amide bonds. The van der Waals surface area contributed by atoms with Gasteiger partial charge in [0.15, 0.2) is 0 Å². The van der Waals surface area contributed by atoms with Crippen LogP contribution < -0.4 is 9.64 Å². The van der Waals surface area contributed by atoms with Gasteiger partial charge in [0.2, 0.25) is 10.0 Å². The molecule has 0 radical (unpaired) electrons. The molecule has 0 saturated carbocycles. The van der Waals surface area contributed by atoms with E-state index in [9.17, 15) is 18.5 Å². The molecule has 1 fully saturated rings. The molecule has 0 aliphatic carbocycles. The molecule has 2 aromatic carbocycles. The van der Waals surface area contributed by atoms with Crippen molar-refractivity contribution >= 4 is 21.4 Å². The first kappa shape index (κ1) is 20.1. The van der Waals surface area contributed by atoms with Crippen LogP contribution in [0.3, 0.4) is 0 Å². The molecule has 1 aliphatic heterocycles. The molecule has 150 valence electrons. The molecule has 0 aromatic heterocycles. The van der Waals surface area contributed by atoms with Crippen LogP contribution in [0.5, 0.6) is 5.75 Å². The highest BCUT2D eigenvalue weighted by Gasteiger charge is 2.30. The number of nitro benzene ring substituents is 1. The van der Waals surface area contributed by atoms with E-state index in [1.54, 1.807) is 19.1 Å². The molecule has 9 heteroatoms. The van der Waals surface area contributed by atoms with Gasteiger partial charge in [-0.15, -0.1) is 0 Å². The van der Waals surface area contributed by atoms with Crippen molar-refractivity contribution in [1.82, 2.24) is 4.31 Å². The van der Waals surface area contributed by atoms with E-state index in [1.165, 1.54) is 16.4 Å². The van der Waals surface area contributed by atoms with E-state index in [0.29, 0.717) is 25.3 Å². The number of rotatable bonds is 7. The molecule has 1 aliphatic rings. The Kier molecular flexibility index (Phi) is 5.85. The summed E-state index contributed by atoms with van der Waals surface area (Å²) >= 11 is 0. The van der Waals surface area contributed by atoms with Crippen LogP contribution in [0, 0.1) is 10.1 Å². The number of nitro groups is 1. The molecule has 0 spiro atoms. The molecule has 1 saturated heterocycles. The Morgan fingerprint density at radius 2 is 1.79 bits per heavy atom. The van der Waals surface area contributed by atoms with Crippen LogP contribution in [0.1, 0.15) is 18.4 Å². The first-order valence-electron chi connectivity index (χ1n) is 8.95. The van der Waals surface area contributed by atoms with Crippen molar-refractivity contribution in [2.45, 2.75) is 24.3 Å². The molecule has 0 unspecified atom stereocenters. The topological polar surface area (TPSA) is 93.0 Å². The molecule has 28 heavy (non-hydrogen) atoms. The number of hydrogen-bond acceptors (Lipinski definition) is 6. The smallest absolute Gasteiger partial charge is 0.293 e. The Morgan fingerprint density at radius 3 is 2.36 bits per heavy atom. The van der Waals surface area contributed by atoms with Gasteiger partial charge in [-0.1, -0.05) is 12.1 Å². The Bertz CT molecular complexity index is 954. The van der Waals surface area contributed by atoms with Crippen LogP contribution in [0.15, 0.2) is 47.4 Å². The van der Waals surface area contributed by atoms with Crippen LogP contribution >= 0.6 is 0 Å². The highest BCUT2D eigenvalue weighted by atomic mass is 32.2. The van der Waals surface area contributed by atoms with Crippen LogP contribution in [0.4, 0.5) is 11.4 Å². The van der Waals surface area contributed by atoms with E-state index >= 15 is 0 Å². The summed E-state index contributed by atoms with van der Waals surface area (Å²) in [5, 5.41) is 11.6. The number of anilines is 1. The van der Waals surface area contributed by atoms with Crippen LogP contribution in [0.2, 0.25) is 0 Å². The third-order valence-corrected chi connectivity index (χ3v) is 6.73. The van der Waals surface area contributed by atoms with Crippen LogP contribution in [-0.4, -0.2) is 44.9 Å². The largest absolute Gasteiger partial charge is 0.497 e. The van der Waals surface area contributed by atoms with Crippen LogP contribution in [0.25, 0.3) is 0 Å². The van der Waals surface area contributed by atoms with Gasteiger partial charge in [-0.3, -0.25) is 10.1 Å². The number of ether oxygens (including phenoxy) is 1. The lowest BCUT2D eigenvalue weighted by Gasteiger charge is -2.21. The quantitative estimate of drug-likeness (QED) is 0.519. The summed E-state index contributed by atoms with van der Waals surface area (Å²) in [6.45, 7) is 1.34. The predicted octanol–water partition coefficient (Wildman–Crippen LogP) is 3.02. The fourth-order valence-corrected chi connectivity index (χ4v) is 4.84. The van der Waals surface area contributed by atoms with Crippen molar-refractivity contribution in [3.8, 4) is 5.75 Å². The van der Waals surface area contributed by atoms with Crippen molar-refractivity contribution in [2.24, 2.45) is 0 Å². The van der Waals surface area contributed by atoms with Crippen LogP contribution in [-0.2, 0) is 16.6 Å². The van der Waals surface area contributed by atoms with E-state index in [2.05, 4.69) is 0 Å². The Morgan fingerprint density at radius 1 is 1.14 bits per heavy atom. The lowest BCUT2D eigenvalue weighted by atomic mass is 10.2. The van der Waals surface area contributed by atoms with Crippen molar-refractivity contribution in [1.29, 1.82) is 0 Å². The standard InChI is InChI=1S/C19H23N3O5S/c1-20(14-15-5-7-16(27-2)8-6-15)18-10-9-17(13-19(18)22(23)24)28(25,26)21-11-3-4-12-21/h5-10,13H,3-4,11-12,14H2,1-2H3. The fraction of sp³-hybridized carbons (Fsp3) is 0.368. The second-order valence-corrected chi connectivity index (χ2v) is 8.66. The van der Waals surface area contributed by atoms with Gasteiger partial charge in [-0.05, 0) is 42.7 Å². The molecule has 0 atom stereocenters. The van der Waals surface area contributed by atoms with E-state index in [-0.39, 0.29) is 10.6 Å². The number of hydrogen-bond donors (Lipinski definition) is 0. The summed E-state index contributed by atoms with van der Waals surface area (Å²) in [5.74, 6) is 0.730. The van der Waals surface area contributed by atoms with E-state index in [1.807, 2.05) is 24.3 Å². The zero-order valence-electron chi connectivity index (χ0n) is 15.9. The molecule has 0 bridgehead atoms. The van der Waals surface area contributed by atoms with E-state index in [4.69, 9.17) is 4.74 Å². The minimum absolute atomic E-state index is 0.0392. The Labute approximate surface area is 164 Å². The van der Waals surface area contributed by atoms with Gasteiger partial charge in [-0.25, -0.2) is 8.42 Å². The zero-order valence-corrected chi connectivity index (χ0v) is 16.7. The van der Waals surface area contributed by atoms with Crippen molar-refractivity contribution in [3.63, 3.8) is 0 Å². The first-order chi connectivity index (χ1) is 13.3. The summed E-state index contributed by atoms with van der Waals surface area (Å²) in [7, 11) is -0.384. The number of methoxy groups -OCH3 is 1. The summed E-state index contributed by atoms with van der Waals surface area (Å²) in [4.78, 5) is 12.8. The van der Waals surface area contributed by atoms with Crippen molar-refractivity contribution in [2.75, 3.05) is 32.1 Å². The second-order valence-electron chi connectivity index (χ2n) is 6.72. The highest BCUT2D eigenvalue weighted by Crippen LogP contribution is 2.32. The third kappa shape index (κ3) is 4.10. The van der Waals surface area contributed by atoms with Gasteiger partial charge < -0.3 is 9.64 Å². The average molecular weight is 405 g/mol. The molecular weight excluding hydrogens is 382 g/mol. The minimum atomic E-state index is -3.71. The lowest BCUT2D eigenvalue weighted by Crippen LogP contribution is -2.28. The Hall–Kier alpha value is -2.65. The van der Waals surface area contributed by atoms with Gasteiger partial charge in [0.25, 0.3) is 5.69 Å². The molecule has 1 heterocycles. The summed E-state index contributed by atoms with van der Waals surface area (Å²) in [5.41, 5.74) is 1.09. The normalized spacial score (nSPS) is 14.8. The first-order valence-corrected chi connectivity index (χ1v) is 10.4. The maximum atomic E-state index is 12.7. The summed E-state index contributed by atoms with van der Waals surface area (Å²) in [6.07, 6.45) is 1.62. The Balaban J connectivity index is 1.89. The highest BCUT2D eigenvalue weighted by molar-refractivity contribution is 7.89. The van der Waals surface area contributed by atoms with E-state index in [0.717, 1.165) is 30.2 Å².